The first kappa shape index (κ1) is 26.3. The lowest BCUT2D eigenvalue weighted by molar-refractivity contribution is -0.138. The molecule has 0 saturated carbocycles. The summed E-state index contributed by atoms with van der Waals surface area (Å²) in [5.41, 5.74) is 0.00348. The molecular weight excluding hydrogens is 520 g/mol. The molecule has 1 N–H and O–H groups in total. The predicted molar refractivity (Wildman–Crippen MR) is 130 cm³/mol. The van der Waals surface area contributed by atoms with Crippen LogP contribution in [0.5, 0.6) is 0 Å². The van der Waals surface area contributed by atoms with E-state index in [0.29, 0.717) is 48.3 Å². The van der Waals surface area contributed by atoms with E-state index in [4.69, 9.17) is 23.2 Å². The molecular formula is C24H25Cl2F3N4O3. The average molecular weight is 545 g/mol. The highest BCUT2D eigenvalue weighted by atomic mass is 35.5. The van der Waals surface area contributed by atoms with Crippen LogP contribution in [-0.4, -0.2) is 71.2 Å². The van der Waals surface area contributed by atoms with Crippen LogP contribution in [0.3, 0.4) is 0 Å². The number of nitrogens with zero attached hydrogens (tertiary/aromatic N) is 4. The summed E-state index contributed by atoms with van der Waals surface area (Å²) in [6.45, 7) is 1.57. The van der Waals surface area contributed by atoms with Gasteiger partial charge in [0.2, 0.25) is 5.91 Å². The summed E-state index contributed by atoms with van der Waals surface area (Å²) in [5.74, 6) is -0.139. The van der Waals surface area contributed by atoms with Crippen LogP contribution in [0.15, 0.2) is 36.5 Å². The number of likely N-dealkylation sites (N-methyl/N-ethyl adjacent to an activating group) is 1. The third-order valence-electron chi connectivity index (χ3n) is 7.02. The van der Waals surface area contributed by atoms with Crippen molar-refractivity contribution in [2.24, 2.45) is 5.92 Å². The minimum atomic E-state index is -4.44. The van der Waals surface area contributed by atoms with Gasteiger partial charge >= 0.3 is 12.3 Å². The van der Waals surface area contributed by atoms with Crippen molar-refractivity contribution in [3.63, 3.8) is 0 Å². The number of likely N-dealkylation sites (tertiary alicyclic amines) is 1. The number of carbonyl (C=O) groups excluding carboxylic acids is 1. The third kappa shape index (κ3) is 5.49. The van der Waals surface area contributed by atoms with Crippen LogP contribution in [-0.2, 0) is 11.0 Å². The highest BCUT2D eigenvalue weighted by Gasteiger charge is 2.42. The Kier molecular flexibility index (Phi) is 7.56. The lowest BCUT2D eigenvalue weighted by atomic mass is 9.93. The molecule has 2 saturated heterocycles. The van der Waals surface area contributed by atoms with Gasteiger partial charge in [0.25, 0.3) is 0 Å². The molecule has 36 heavy (non-hydrogen) atoms. The molecule has 2 fully saturated rings. The van der Waals surface area contributed by atoms with Crippen LogP contribution < -0.4 is 4.90 Å². The van der Waals surface area contributed by atoms with Gasteiger partial charge in [-0.05, 0) is 42.7 Å². The maximum absolute atomic E-state index is 13.4. The lowest BCUT2D eigenvalue weighted by Crippen LogP contribution is -2.44. The van der Waals surface area contributed by atoms with E-state index in [2.05, 4.69) is 4.98 Å². The average Bonchev–Trinajstić information content (AvgIpc) is 3.30. The second-order valence-electron chi connectivity index (χ2n) is 9.15. The summed E-state index contributed by atoms with van der Waals surface area (Å²) < 4.78 is 38.4. The van der Waals surface area contributed by atoms with Crippen LogP contribution >= 0.6 is 23.2 Å². The van der Waals surface area contributed by atoms with E-state index in [-0.39, 0.29) is 24.3 Å². The van der Waals surface area contributed by atoms with E-state index in [1.54, 1.807) is 23.1 Å². The van der Waals surface area contributed by atoms with Gasteiger partial charge in [0.15, 0.2) is 0 Å². The molecule has 1 aromatic heterocycles. The number of benzene rings is 1. The van der Waals surface area contributed by atoms with Crippen molar-refractivity contribution in [2.45, 2.75) is 31.0 Å². The van der Waals surface area contributed by atoms with Crippen molar-refractivity contribution in [1.82, 2.24) is 14.8 Å². The largest absolute Gasteiger partial charge is 0.465 e. The van der Waals surface area contributed by atoms with Gasteiger partial charge in [-0.3, -0.25) is 4.79 Å². The summed E-state index contributed by atoms with van der Waals surface area (Å²) in [6, 6.07) is 7.07. The summed E-state index contributed by atoms with van der Waals surface area (Å²) in [5, 5.41) is 10.3. The van der Waals surface area contributed by atoms with Crippen LogP contribution in [0.4, 0.5) is 23.8 Å². The molecule has 4 rings (SSSR count). The maximum atomic E-state index is 13.4. The van der Waals surface area contributed by atoms with Gasteiger partial charge in [-0.1, -0.05) is 29.3 Å². The van der Waals surface area contributed by atoms with Gasteiger partial charge in [0, 0.05) is 51.3 Å². The van der Waals surface area contributed by atoms with Crippen molar-refractivity contribution >= 4 is 41.0 Å². The molecule has 12 heteroatoms. The number of amides is 2. The van der Waals surface area contributed by atoms with Crippen molar-refractivity contribution in [2.75, 3.05) is 38.1 Å². The van der Waals surface area contributed by atoms with E-state index in [1.807, 2.05) is 4.90 Å². The fourth-order valence-electron chi connectivity index (χ4n) is 4.93. The molecule has 2 amide bonds. The number of pyridine rings is 1. The van der Waals surface area contributed by atoms with Gasteiger partial charge in [-0.2, -0.15) is 13.2 Å². The zero-order valence-corrected chi connectivity index (χ0v) is 20.9. The Hall–Kier alpha value is -2.72. The Labute approximate surface area is 216 Å². The Morgan fingerprint density at radius 2 is 1.78 bits per heavy atom. The minimum Gasteiger partial charge on any atom is -0.465 e. The normalized spacial score (nSPS) is 21.1. The van der Waals surface area contributed by atoms with Crippen molar-refractivity contribution < 1.29 is 27.9 Å². The quantitative estimate of drug-likeness (QED) is 0.570. The molecule has 3 heterocycles. The van der Waals surface area contributed by atoms with E-state index < -0.39 is 23.9 Å². The van der Waals surface area contributed by atoms with E-state index in [9.17, 15) is 27.9 Å². The second kappa shape index (κ2) is 10.3. The molecule has 2 aliphatic heterocycles. The molecule has 0 spiro atoms. The minimum absolute atomic E-state index is 0.0543. The van der Waals surface area contributed by atoms with Crippen LogP contribution in [0.25, 0.3) is 0 Å². The number of halogens is 5. The number of alkyl halides is 3. The Bertz CT molecular complexity index is 1120. The van der Waals surface area contributed by atoms with E-state index >= 15 is 0 Å². The molecule has 2 aromatic rings. The molecule has 2 atom stereocenters. The molecule has 0 aliphatic carbocycles. The summed E-state index contributed by atoms with van der Waals surface area (Å²) in [6.07, 6.45) is -3.66. The number of aromatic nitrogens is 1. The first-order valence-electron chi connectivity index (χ1n) is 11.4. The number of piperidine rings is 1. The van der Waals surface area contributed by atoms with Gasteiger partial charge in [0.1, 0.15) is 5.82 Å². The van der Waals surface area contributed by atoms with Gasteiger partial charge in [0.05, 0.1) is 21.7 Å². The monoisotopic (exact) mass is 544 g/mol. The molecule has 1 aromatic carbocycles. The predicted octanol–water partition coefficient (Wildman–Crippen LogP) is 5.23. The highest BCUT2D eigenvalue weighted by molar-refractivity contribution is 6.42. The van der Waals surface area contributed by atoms with Crippen molar-refractivity contribution in [3.8, 4) is 0 Å². The Balaban J connectivity index is 1.43. The van der Waals surface area contributed by atoms with Crippen LogP contribution in [0.1, 0.15) is 29.9 Å². The molecule has 2 aliphatic rings. The molecule has 0 bridgehead atoms. The summed E-state index contributed by atoms with van der Waals surface area (Å²) in [4.78, 5) is 33.8. The smallest absolute Gasteiger partial charge is 0.417 e. The lowest BCUT2D eigenvalue weighted by Gasteiger charge is -2.34. The molecule has 0 unspecified atom stereocenters. The summed E-state index contributed by atoms with van der Waals surface area (Å²) >= 11 is 12.2. The zero-order valence-electron chi connectivity index (χ0n) is 19.4. The topological polar surface area (TPSA) is 77.0 Å². The molecule has 7 nitrogen and oxygen atoms in total. The van der Waals surface area contributed by atoms with Gasteiger partial charge < -0.3 is 19.8 Å². The highest BCUT2D eigenvalue weighted by Crippen LogP contribution is 2.36. The Morgan fingerprint density at radius 3 is 2.33 bits per heavy atom. The van der Waals surface area contributed by atoms with E-state index in [0.717, 1.165) is 17.8 Å². The van der Waals surface area contributed by atoms with Crippen LogP contribution in [0.2, 0.25) is 10.0 Å². The maximum Gasteiger partial charge on any atom is 0.417 e. The summed E-state index contributed by atoms with van der Waals surface area (Å²) in [7, 11) is 1.49. The molecule has 194 valence electrons. The number of carboxylic acid groups (broad SMARTS) is 1. The fraction of sp³-hybridized carbons (Fsp3) is 0.458. The number of hydrogen-bond donors (Lipinski definition) is 1. The number of carbonyl (C=O) groups is 2. The van der Waals surface area contributed by atoms with Gasteiger partial charge in [-0.25, -0.2) is 9.78 Å². The van der Waals surface area contributed by atoms with Crippen molar-refractivity contribution in [1.29, 1.82) is 0 Å². The second-order valence-corrected chi connectivity index (χ2v) is 9.96. The first-order chi connectivity index (χ1) is 17.0. The van der Waals surface area contributed by atoms with Crippen LogP contribution in [0, 0.1) is 5.92 Å². The molecule has 0 radical (unpaired) electrons. The fourth-order valence-corrected chi connectivity index (χ4v) is 5.23. The number of hydrogen-bond acceptors (Lipinski definition) is 4. The number of anilines is 1. The van der Waals surface area contributed by atoms with E-state index in [1.165, 1.54) is 18.0 Å². The SMILES string of the molecule is CN(C(=O)O)[C@@H]1CN(C(=O)C2CCN(c3ccc(C(F)(F)F)cn3)CC2)C[C@H]1c1ccc(Cl)c(Cl)c1. The first-order valence-corrected chi connectivity index (χ1v) is 12.2. The standard InChI is InChI=1S/C24H25Cl2F3N4O3/c1-31(23(35)36)20-13-33(12-17(20)15-2-4-18(25)19(26)10-15)22(34)14-6-8-32(9-7-14)21-5-3-16(11-30-21)24(27,28)29/h2-5,10-11,14,17,20H,6-9,12-13H2,1H3,(H,35,36)/t17-,20+/m0/s1. The zero-order chi connectivity index (χ0) is 26.2. The Morgan fingerprint density at radius 1 is 1.08 bits per heavy atom. The van der Waals surface area contributed by atoms with Gasteiger partial charge in [-0.15, -0.1) is 0 Å². The van der Waals surface area contributed by atoms with Crippen molar-refractivity contribution in [3.05, 3.63) is 57.7 Å². The number of rotatable bonds is 4. The third-order valence-corrected chi connectivity index (χ3v) is 7.75.